The molecular formula is C24H22N4O2S. The maximum atomic E-state index is 12.7. The fraction of sp³-hybridized carbons (Fsp3) is 0.250. The first-order valence-corrected chi connectivity index (χ1v) is 11.0. The molecule has 7 heteroatoms. The summed E-state index contributed by atoms with van der Waals surface area (Å²) in [7, 11) is 0. The number of nitrogens with one attached hydrogen (secondary N) is 1. The van der Waals surface area contributed by atoms with Crippen molar-refractivity contribution in [2.75, 3.05) is 18.4 Å². The second-order valence-corrected chi connectivity index (χ2v) is 8.56. The molecule has 1 N–H and O–H groups in total. The third-order valence-corrected chi connectivity index (χ3v) is 6.03. The molecule has 156 valence electrons. The summed E-state index contributed by atoms with van der Waals surface area (Å²) >= 11 is 1.52. The van der Waals surface area contributed by atoms with Crippen LogP contribution in [0.1, 0.15) is 23.4 Å². The number of carbonyl (C=O) groups excluding carboxylic acids is 2. The van der Waals surface area contributed by atoms with E-state index in [4.69, 9.17) is 0 Å². The molecule has 1 saturated heterocycles. The fourth-order valence-electron chi connectivity index (χ4n) is 3.46. The molecule has 1 aromatic heterocycles. The van der Waals surface area contributed by atoms with Crippen LogP contribution in [0.2, 0.25) is 0 Å². The SMILES string of the molecule is Cc1nnc(-c2cccc(NC(=O)C3CCN(C(=O)C#Cc4ccccc4)CC3)c2)s1. The Labute approximate surface area is 185 Å². The van der Waals surface area contributed by atoms with Gasteiger partial charge in [-0.3, -0.25) is 9.59 Å². The fourth-order valence-corrected chi connectivity index (χ4v) is 4.15. The highest BCUT2D eigenvalue weighted by Gasteiger charge is 2.27. The third-order valence-electron chi connectivity index (χ3n) is 5.14. The third kappa shape index (κ3) is 5.36. The van der Waals surface area contributed by atoms with Crippen LogP contribution in [0.5, 0.6) is 0 Å². The molecular weight excluding hydrogens is 408 g/mol. The zero-order valence-corrected chi connectivity index (χ0v) is 18.0. The molecule has 0 saturated carbocycles. The molecule has 2 heterocycles. The predicted molar refractivity (Wildman–Crippen MR) is 121 cm³/mol. The average molecular weight is 431 g/mol. The molecule has 1 fully saturated rings. The Kier molecular flexibility index (Phi) is 6.39. The van der Waals surface area contributed by atoms with Crippen LogP contribution in [0.15, 0.2) is 54.6 Å². The molecule has 0 aliphatic carbocycles. The molecule has 0 bridgehead atoms. The summed E-state index contributed by atoms with van der Waals surface area (Å²) in [4.78, 5) is 26.8. The Hall–Kier alpha value is -3.50. The lowest BCUT2D eigenvalue weighted by molar-refractivity contribution is -0.129. The van der Waals surface area contributed by atoms with Gasteiger partial charge in [0.2, 0.25) is 5.91 Å². The minimum atomic E-state index is -0.192. The summed E-state index contributed by atoms with van der Waals surface area (Å²) in [5.74, 6) is 5.26. The summed E-state index contributed by atoms with van der Waals surface area (Å²) in [6.45, 7) is 2.98. The molecule has 2 amide bonds. The van der Waals surface area contributed by atoms with Crippen LogP contribution in [-0.2, 0) is 9.59 Å². The Morgan fingerprint density at radius 3 is 2.55 bits per heavy atom. The van der Waals surface area contributed by atoms with E-state index in [-0.39, 0.29) is 17.7 Å². The summed E-state index contributed by atoms with van der Waals surface area (Å²) in [6, 6.07) is 17.1. The van der Waals surface area contributed by atoms with E-state index in [9.17, 15) is 9.59 Å². The van der Waals surface area contributed by atoms with E-state index in [2.05, 4.69) is 27.4 Å². The maximum Gasteiger partial charge on any atom is 0.298 e. The summed E-state index contributed by atoms with van der Waals surface area (Å²) in [6.07, 6.45) is 1.25. The van der Waals surface area contributed by atoms with Gasteiger partial charge in [-0.05, 0) is 44.0 Å². The van der Waals surface area contributed by atoms with Gasteiger partial charge in [0.05, 0.1) is 0 Å². The standard InChI is InChI=1S/C24H22N4O2S/c1-17-26-27-24(31-17)20-8-5-9-21(16-20)25-23(30)19-12-14-28(15-13-19)22(29)11-10-18-6-3-2-4-7-18/h2-9,16,19H,12-15H2,1H3,(H,25,30). The lowest BCUT2D eigenvalue weighted by Gasteiger charge is -2.30. The smallest absolute Gasteiger partial charge is 0.298 e. The molecule has 0 atom stereocenters. The Balaban J connectivity index is 1.32. The summed E-state index contributed by atoms with van der Waals surface area (Å²) in [5, 5.41) is 12.9. The van der Waals surface area contributed by atoms with E-state index in [1.165, 1.54) is 11.3 Å². The molecule has 1 aliphatic rings. The van der Waals surface area contributed by atoms with Crippen LogP contribution >= 0.6 is 11.3 Å². The van der Waals surface area contributed by atoms with Gasteiger partial charge in [-0.1, -0.05) is 47.6 Å². The van der Waals surface area contributed by atoms with Gasteiger partial charge in [0.15, 0.2) is 0 Å². The minimum absolute atomic E-state index is 0.0203. The maximum absolute atomic E-state index is 12.7. The number of aromatic nitrogens is 2. The molecule has 31 heavy (non-hydrogen) atoms. The molecule has 0 radical (unpaired) electrons. The van der Waals surface area contributed by atoms with Gasteiger partial charge in [-0.25, -0.2) is 0 Å². The number of benzene rings is 2. The van der Waals surface area contributed by atoms with E-state index in [0.717, 1.165) is 26.8 Å². The second kappa shape index (κ2) is 9.54. The number of anilines is 1. The van der Waals surface area contributed by atoms with E-state index in [0.29, 0.717) is 25.9 Å². The van der Waals surface area contributed by atoms with Gasteiger partial charge >= 0.3 is 0 Å². The van der Waals surface area contributed by atoms with Crippen molar-refractivity contribution in [3.8, 4) is 22.4 Å². The van der Waals surface area contributed by atoms with Crippen molar-refractivity contribution in [3.05, 3.63) is 65.2 Å². The number of amides is 2. The van der Waals surface area contributed by atoms with E-state index >= 15 is 0 Å². The first kappa shape index (κ1) is 20.8. The molecule has 1 aliphatic heterocycles. The van der Waals surface area contributed by atoms with Gasteiger partial charge in [-0.2, -0.15) is 0 Å². The van der Waals surface area contributed by atoms with Crippen molar-refractivity contribution in [2.45, 2.75) is 19.8 Å². The lowest BCUT2D eigenvalue weighted by atomic mass is 9.95. The average Bonchev–Trinajstić information content (AvgIpc) is 3.25. The Morgan fingerprint density at radius 2 is 1.84 bits per heavy atom. The number of piperidine rings is 1. The zero-order valence-electron chi connectivity index (χ0n) is 17.2. The van der Waals surface area contributed by atoms with E-state index in [1.54, 1.807) is 4.90 Å². The number of likely N-dealkylation sites (tertiary alicyclic amines) is 1. The number of carbonyl (C=O) groups is 2. The summed E-state index contributed by atoms with van der Waals surface area (Å²) in [5.41, 5.74) is 2.49. The lowest BCUT2D eigenvalue weighted by Crippen LogP contribution is -2.41. The number of hydrogen-bond donors (Lipinski definition) is 1. The van der Waals surface area contributed by atoms with Gasteiger partial charge in [0, 0.05) is 41.7 Å². The highest BCUT2D eigenvalue weighted by atomic mass is 32.1. The minimum Gasteiger partial charge on any atom is -0.332 e. The number of hydrogen-bond acceptors (Lipinski definition) is 5. The van der Waals surface area contributed by atoms with Gasteiger partial charge in [0.25, 0.3) is 5.91 Å². The number of rotatable bonds is 3. The molecule has 4 rings (SSSR count). The topological polar surface area (TPSA) is 75.2 Å². The molecule has 6 nitrogen and oxygen atoms in total. The van der Waals surface area contributed by atoms with Crippen molar-refractivity contribution in [1.82, 2.24) is 15.1 Å². The zero-order chi connectivity index (χ0) is 21.6. The van der Waals surface area contributed by atoms with Crippen molar-refractivity contribution < 1.29 is 9.59 Å². The highest BCUT2D eigenvalue weighted by Crippen LogP contribution is 2.26. The number of nitrogens with zero attached hydrogens (tertiary/aromatic N) is 3. The second-order valence-electron chi connectivity index (χ2n) is 7.38. The van der Waals surface area contributed by atoms with E-state index < -0.39 is 0 Å². The Bertz CT molecular complexity index is 1140. The van der Waals surface area contributed by atoms with Crippen molar-refractivity contribution in [3.63, 3.8) is 0 Å². The van der Waals surface area contributed by atoms with Crippen LogP contribution in [0.25, 0.3) is 10.6 Å². The monoisotopic (exact) mass is 430 g/mol. The van der Waals surface area contributed by atoms with Gasteiger partial charge in [0.1, 0.15) is 10.0 Å². The quantitative estimate of drug-likeness (QED) is 0.643. The first-order chi connectivity index (χ1) is 15.1. The Morgan fingerprint density at radius 1 is 1.06 bits per heavy atom. The van der Waals surface area contributed by atoms with Crippen molar-refractivity contribution in [2.24, 2.45) is 5.92 Å². The predicted octanol–water partition coefficient (Wildman–Crippen LogP) is 3.74. The molecule has 0 unspecified atom stereocenters. The van der Waals surface area contributed by atoms with E-state index in [1.807, 2.05) is 61.5 Å². The molecule has 0 spiro atoms. The normalized spacial score (nSPS) is 13.9. The molecule has 3 aromatic rings. The summed E-state index contributed by atoms with van der Waals surface area (Å²) < 4.78 is 0. The largest absolute Gasteiger partial charge is 0.332 e. The molecule has 2 aromatic carbocycles. The van der Waals surface area contributed by atoms with Crippen LogP contribution in [0.4, 0.5) is 5.69 Å². The van der Waals surface area contributed by atoms with Crippen LogP contribution < -0.4 is 5.32 Å². The van der Waals surface area contributed by atoms with Crippen molar-refractivity contribution >= 4 is 28.8 Å². The van der Waals surface area contributed by atoms with Gasteiger partial charge in [-0.15, -0.1) is 10.2 Å². The van der Waals surface area contributed by atoms with Crippen LogP contribution in [0, 0.1) is 24.7 Å². The van der Waals surface area contributed by atoms with Crippen molar-refractivity contribution in [1.29, 1.82) is 0 Å². The number of aryl methyl sites for hydroxylation is 1. The van der Waals surface area contributed by atoms with Gasteiger partial charge < -0.3 is 10.2 Å². The highest BCUT2D eigenvalue weighted by molar-refractivity contribution is 7.14. The van der Waals surface area contributed by atoms with Crippen LogP contribution in [0.3, 0.4) is 0 Å². The van der Waals surface area contributed by atoms with Crippen LogP contribution in [-0.4, -0.2) is 40.0 Å². The first-order valence-electron chi connectivity index (χ1n) is 10.2.